The van der Waals surface area contributed by atoms with E-state index in [1.807, 2.05) is 0 Å². The van der Waals surface area contributed by atoms with Gasteiger partial charge in [0, 0.05) is 10.2 Å². The van der Waals surface area contributed by atoms with E-state index in [4.69, 9.17) is 0 Å². The fourth-order valence-corrected chi connectivity index (χ4v) is 4.18. The van der Waals surface area contributed by atoms with Crippen molar-refractivity contribution in [3.8, 4) is 5.75 Å². The molecule has 1 aromatic carbocycles. The van der Waals surface area contributed by atoms with Gasteiger partial charge in [-0.2, -0.15) is 0 Å². The number of phenols is 1. The van der Waals surface area contributed by atoms with Crippen LogP contribution in [-0.2, 0) is 0 Å². The van der Waals surface area contributed by atoms with Crippen LogP contribution in [-0.4, -0.2) is 9.43 Å². The molecule has 1 aromatic rings. The van der Waals surface area contributed by atoms with Crippen molar-refractivity contribution in [1.82, 2.24) is 0 Å². The Morgan fingerprint density at radius 3 is 2.59 bits per heavy atom. The minimum atomic E-state index is 0.308. The number of alkyl halides is 1. The van der Waals surface area contributed by atoms with E-state index in [9.17, 15) is 5.11 Å². The summed E-state index contributed by atoms with van der Waals surface area (Å²) in [6.45, 7) is 2.30. The van der Waals surface area contributed by atoms with Crippen molar-refractivity contribution < 1.29 is 5.11 Å². The first-order valence-corrected chi connectivity index (χ1v) is 7.01. The molecule has 0 aliphatic heterocycles. The Morgan fingerprint density at radius 2 is 1.88 bits per heavy atom. The third-order valence-corrected chi connectivity index (χ3v) is 4.82. The Hall–Kier alpha value is -0.760. The van der Waals surface area contributed by atoms with E-state index in [1.165, 1.54) is 18.4 Å². The summed E-state index contributed by atoms with van der Waals surface area (Å²) >= 11 is 3.84. The zero-order chi connectivity index (χ0) is 12.0. The summed E-state index contributed by atoms with van der Waals surface area (Å²) in [7, 11) is 0. The first-order chi connectivity index (χ1) is 8.05. The van der Waals surface area contributed by atoms with E-state index in [1.54, 1.807) is 12.1 Å². The number of phenolic OH excluding ortho intramolecular Hbond substituents is 1. The summed E-state index contributed by atoms with van der Waals surface area (Å²) in [5.74, 6) is 2.33. The lowest BCUT2D eigenvalue weighted by Gasteiger charge is -2.20. The first-order valence-electron chi connectivity index (χ1n) is 6.21. The summed E-state index contributed by atoms with van der Waals surface area (Å²) in [5, 5.41) is 9.34. The smallest absolute Gasteiger partial charge is 0.115 e. The molecule has 90 valence electrons. The van der Waals surface area contributed by atoms with Crippen molar-refractivity contribution in [1.29, 1.82) is 0 Å². The van der Waals surface area contributed by atoms with Crippen LogP contribution in [0, 0.1) is 11.8 Å². The van der Waals surface area contributed by atoms with Gasteiger partial charge in [0.25, 0.3) is 0 Å². The monoisotopic (exact) mass is 292 g/mol. The number of allylic oxidation sites excluding steroid dienone is 2. The van der Waals surface area contributed by atoms with Crippen molar-refractivity contribution >= 4 is 15.9 Å². The van der Waals surface area contributed by atoms with Crippen molar-refractivity contribution in [2.45, 2.75) is 30.0 Å². The van der Waals surface area contributed by atoms with Gasteiger partial charge in [0.1, 0.15) is 5.75 Å². The van der Waals surface area contributed by atoms with E-state index >= 15 is 0 Å². The highest BCUT2D eigenvalue weighted by Crippen LogP contribution is 2.54. The van der Waals surface area contributed by atoms with Crippen LogP contribution in [0.2, 0.25) is 0 Å². The quantitative estimate of drug-likeness (QED) is 0.607. The maximum Gasteiger partial charge on any atom is 0.115 e. The van der Waals surface area contributed by atoms with Gasteiger partial charge in [-0.1, -0.05) is 40.2 Å². The summed E-state index contributed by atoms with van der Waals surface area (Å²) in [5.41, 5.74) is 1.33. The molecule has 0 heterocycles. The van der Waals surface area contributed by atoms with Gasteiger partial charge in [-0.15, -0.1) is 0 Å². The molecular formula is C15H17BrO. The number of hydrogen-bond acceptors (Lipinski definition) is 1. The zero-order valence-corrected chi connectivity index (χ0v) is 11.5. The predicted octanol–water partition coefficient (Wildman–Crippen LogP) is 4.23. The maximum atomic E-state index is 9.34. The van der Waals surface area contributed by atoms with Crippen LogP contribution in [0.4, 0.5) is 0 Å². The normalized spacial score (nSPS) is 39.5. The molecule has 0 radical (unpaired) electrons. The maximum absolute atomic E-state index is 9.34. The van der Waals surface area contributed by atoms with Crippen LogP contribution in [0.25, 0.3) is 0 Å². The summed E-state index contributed by atoms with van der Waals surface area (Å²) in [6.07, 6.45) is 7.21. The molecule has 1 saturated carbocycles. The number of hydrogen-bond donors (Lipinski definition) is 1. The van der Waals surface area contributed by atoms with E-state index < -0.39 is 0 Å². The molecule has 3 rings (SSSR count). The van der Waals surface area contributed by atoms with Crippen LogP contribution in [0.5, 0.6) is 5.75 Å². The van der Waals surface area contributed by atoms with Crippen molar-refractivity contribution in [2.75, 3.05) is 0 Å². The van der Waals surface area contributed by atoms with Gasteiger partial charge in [-0.25, -0.2) is 0 Å². The topological polar surface area (TPSA) is 20.2 Å². The first kappa shape index (κ1) is 11.3. The average molecular weight is 293 g/mol. The van der Waals surface area contributed by atoms with Gasteiger partial charge in [-0.05, 0) is 49.3 Å². The van der Waals surface area contributed by atoms with Crippen LogP contribution < -0.4 is 0 Å². The molecule has 0 saturated heterocycles. The van der Waals surface area contributed by atoms with E-state index in [0.717, 1.165) is 11.8 Å². The van der Waals surface area contributed by atoms with Gasteiger partial charge in [0.15, 0.2) is 0 Å². The Kier molecular flexibility index (Phi) is 2.58. The lowest BCUT2D eigenvalue weighted by atomic mass is 9.85. The third kappa shape index (κ3) is 2.03. The Labute approximate surface area is 111 Å². The third-order valence-electron chi connectivity index (χ3n) is 4.18. The number of rotatable bonds is 1. The lowest BCUT2D eigenvalue weighted by molar-refractivity contribution is 0.445. The van der Waals surface area contributed by atoms with Crippen LogP contribution in [0.1, 0.15) is 31.2 Å². The Bertz CT molecular complexity index is 446. The number of benzene rings is 1. The van der Waals surface area contributed by atoms with Gasteiger partial charge >= 0.3 is 0 Å². The highest BCUT2D eigenvalue weighted by Gasteiger charge is 2.45. The number of aromatic hydroxyl groups is 1. The zero-order valence-electron chi connectivity index (χ0n) is 9.94. The van der Waals surface area contributed by atoms with Crippen molar-refractivity contribution in [2.24, 2.45) is 11.8 Å². The van der Waals surface area contributed by atoms with Crippen LogP contribution in [0.15, 0.2) is 36.4 Å². The van der Waals surface area contributed by atoms with Gasteiger partial charge in [-0.3, -0.25) is 0 Å². The van der Waals surface area contributed by atoms with Crippen LogP contribution >= 0.6 is 15.9 Å². The predicted molar refractivity (Wildman–Crippen MR) is 73.5 cm³/mol. The van der Waals surface area contributed by atoms with Gasteiger partial charge in [0.2, 0.25) is 0 Å². The average Bonchev–Trinajstić information content (AvgIpc) is 2.74. The molecule has 2 aliphatic carbocycles. The second-order valence-corrected chi connectivity index (χ2v) is 7.57. The molecule has 4 atom stereocenters. The van der Waals surface area contributed by atoms with Gasteiger partial charge in [0.05, 0.1) is 0 Å². The molecule has 2 heteroatoms. The molecule has 0 aromatic heterocycles. The molecule has 2 aliphatic rings. The largest absolute Gasteiger partial charge is 0.508 e. The SMILES string of the molecule is C[C@@]1(Br)C[C@@H]2C(c3ccc(O)cc3)C=C[C@H]2C1. The molecule has 17 heavy (non-hydrogen) atoms. The second kappa shape index (κ2) is 3.88. The van der Waals surface area contributed by atoms with Crippen LogP contribution in [0.3, 0.4) is 0 Å². The molecule has 0 bridgehead atoms. The Morgan fingerprint density at radius 1 is 1.18 bits per heavy atom. The lowest BCUT2D eigenvalue weighted by Crippen LogP contribution is -2.12. The van der Waals surface area contributed by atoms with E-state index in [0.29, 0.717) is 16.0 Å². The molecule has 0 amide bonds. The van der Waals surface area contributed by atoms with Crippen molar-refractivity contribution in [3.05, 3.63) is 42.0 Å². The summed E-state index contributed by atoms with van der Waals surface area (Å²) < 4.78 is 0.308. The van der Waals surface area contributed by atoms with E-state index in [-0.39, 0.29) is 0 Å². The summed E-state index contributed by atoms with van der Waals surface area (Å²) in [4.78, 5) is 0. The molecule has 1 nitrogen and oxygen atoms in total. The molecule has 0 spiro atoms. The van der Waals surface area contributed by atoms with E-state index in [2.05, 4.69) is 47.1 Å². The Balaban J connectivity index is 1.86. The summed E-state index contributed by atoms with van der Waals surface area (Å²) in [6, 6.07) is 7.69. The molecule has 1 unspecified atom stereocenters. The molecule has 1 N–H and O–H groups in total. The molecule has 1 fully saturated rings. The highest BCUT2D eigenvalue weighted by molar-refractivity contribution is 9.10. The number of halogens is 1. The van der Waals surface area contributed by atoms with Gasteiger partial charge < -0.3 is 5.11 Å². The standard InChI is InChI=1S/C15H17BrO/c1-15(16)8-11-4-7-13(14(11)9-15)10-2-5-12(17)6-3-10/h2-7,11,13-14,17H,8-9H2,1H3/t11-,13?,14-,15-/m0/s1. The van der Waals surface area contributed by atoms with Crippen molar-refractivity contribution in [3.63, 3.8) is 0 Å². The molecular weight excluding hydrogens is 276 g/mol. The number of fused-ring (bicyclic) bond motifs is 1. The highest BCUT2D eigenvalue weighted by atomic mass is 79.9. The minimum Gasteiger partial charge on any atom is -0.508 e. The second-order valence-electron chi connectivity index (χ2n) is 5.65. The minimum absolute atomic E-state index is 0.308. The fraction of sp³-hybridized carbons (Fsp3) is 0.467. The fourth-order valence-electron chi connectivity index (χ4n) is 3.43.